The minimum Gasteiger partial charge on any atom is -0.396 e. The standard InChI is InChI=1S/C17H21N5O3/c18-17-20-15-14(16(24)21-17)19-11-22(15)8-13(6-7-23)10-25-9-12-4-2-1-3-5-12/h1-5,11,13,23H,6-10H2,(H3,18,20,21,24)/t13-/m1/s1. The highest BCUT2D eigenvalue weighted by Gasteiger charge is 2.14. The van der Waals surface area contributed by atoms with Crippen molar-refractivity contribution >= 4 is 17.1 Å². The predicted octanol–water partition coefficient (Wildman–Crippen LogP) is 0.917. The Morgan fingerprint density at radius 1 is 1.32 bits per heavy atom. The molecule has 3 rings (SSSR count). The number of H-pyrrole nitrogens is 1. The van der Waals surface area contributed by atoms with E-state index in [-0.39, 0.29) is 29.5 Å². The van der Waals surface area contributed by atoms with Crippen LogP contribution in [0.4, 0.5) is 5.95 Å². The van der Waals surface area contributed by atoms with Crippen molar-refractivity contribution in [1.82, 2.24) is 19.5 Å². The molecule has 0 spiro atoms. The molecule has 8 nitrogen and oxygen atoms in total. The second-order valence-corrected chi connectivity index (χ2v) is 5.90. The van der Waals surface area contributed by atoms with Crippen molar-refractivity contribution in [1.29, 1.82) is 0 Å². The van der Waals surface area contributed by atoms with Gasteiger partial charge in [-0.1, -0.05) is 30.3 Å². The number of nitrogens with zero attached hydrogens (tertiary/aromatic N) is 3. The van der Waals surface area contributed by atoms with Crippen molar-refractivity contribution in [3.05, 3.63) is 52.6 Å². The van der Waals surface area contributed by atoms with Crippen molar-refractivity contribution in [2.75, 3.05) is 18.9 Å². The summed E-state index contributed by atoms with van der Waals surface area (Å²) >= 11 is 0. The topological polar surface area (TPSA) is 119 Å². The van der Waals surface area contributed by atoms with Crippen LogP contribution in [0.25, 0.3) is 11.2 Å². The highest BCUT2D eigenvalue weighted by atomic mass is 16.5. The number of aliphatic hydroxyl groups excluding tert-OH is 1. The number of rotatable bonds is 8. The van der Waals surface area contributed by atoms with E-state index < -0.39 is 0 Å². The molecule has 132 valence electrons. The van der Waals surface area contributed by atoms with E-state index in [0.29, 0.717) is 31.8 Å². The van der Waals surface area contributed by atoms with E-state index in [1.165, 1.54) is 0 Å². The highest BCUT2D eigenvalue weighted by Crippen LogP contribution is 2.13. The number of fused-ring (bicyclic) bond motifs is 1. The van der Waals surface area contributed by atoms with Gasteiger partial charge in [0.2, 0.25) is 5.95 Å². The van der Waals surface area contributed by atoms with Crippen LogP contribution in [-0.2, 0) is 17.9 Å². The lowest BCUT2D eigenvalue weighted by Crippen LogP contribution is -2.19. The van der Waals surface area contributed by atoms with Crippen LogP contribution in [-0.4, -0.2) is 37.8 Å². The molecule has 1 aromatic carbocycles. The highest BCUT2D eigenvalue weighted by molar-refractivity contribution is 5.70. The number of benzene rings is 1. The first-order chi connectivity index (χ1) is 12.2. The average Bonchev–Trinajstić information content (AvgIpc) is 2.99. The monoisotopic (exact) mass is 343 g/mol. The van der Waals surface area contributed by atoms with E-state index in [1.807, 2.05) is 30.3 Å². The van der Waals surface area contributed by atoms with E-state index in [1.54, 1.807) is 10.9 Å². The summed E-state index contributed by atoms with van der Waals surface area (Å²) in [6, 6.07) is 9.90. The summed E-state index contributed by atoms with van der Waals surface area (Å²) < 4.78 is 7.56. The molecule has 0 bridgehead atoms. The molecular formula is C17H21N5O3. The molecule has 0 saturated heterocycles. The summed E-state index contributed by atoms with van der Waals surface area (Å²) in [7, 11) is 0. The number of nitrogen functional groups attached to an aromatic ring is 1. The first-order valence-electron chi connectivity index (χ1n) is 8.10. The normalized spacial score (nSPS) is 12.5. The Bertz CT molecular complexity index is 875. The third-order valence-corrected chi connectivity index (χ3v) is 3.95. The summed E-state index contributed by atoms with van der Waals surface area (Å²) in [4.78, 5) is 22.5. The third-order valence-electron chi connectivity index (χ3n) is 3.95. The fourth-order valence-corrected chi connectivity index (χ4v) is 2.71. The smallest absolute Gasteiger partial charge is 0.280 e. The van der Waals surface area contributed by atoms with Crippen LogP contribution >= 0.6 is 0 Å². The number of ether oxygens (including phenoxy) is 1. The molecule has 0 radical (unpaired) electrons. The summed E-state index contributed by atoms with van der Waals surface area (Å²) in [5.41, 5.74) is 7.04. The number of aliphatic hydroxyl groups is 1. The minimum absolute atomic E-state index is 0.0540. The molecule has 0 aliphatic rings. The molecule has 0 amide bonds. The molecule has 2 aromatic heterocycles. The number of nitrogens with one attached hydrogen (secondary N) is 1. The minimum atomic E-state index is -0.361. The van der Waals surface area contributed by atoms with Gasteiger partial charge in [-0.2, -0.15) is 4.98 Å². The van der Waals surface area contributed by atoms with Gasteiger partial charge in [0, 0.05) is 19.1 Å². The van der Waals surface area contributed by atoms with Crippen molar-refractivity contribution in [2.24, 2.45) is 5.92 Å². The number of imidazole rings is 1. The molecule has 0 aliphatic carbocycles. The Hall–Kier alpha value is -2.71. The van der Waals surface area contributed by atoms with Crippen LogP contribution in [0.1, 0.15) is 12.0 Å². The van der Waals surface area contributed by atoms with Crippen LogP contribution in [0.3, 0.4) is 0 Å². The second-order valence-electron chi connectivity index (χ2n) is 5.90. The Kier molecular flexibility index (Phi) is 5.42. The Morgan fingerprint density at radius 3 is 2.88 bits per heavy atom. The number of anilines is 1. The number of aromatic nitrogens is 4. The van der Waals surface area contributed by atoms with Gasteiger partial charge >= 0.3 is 0 Å². The van der Waals surface area contributed by atoms with Gasteiger partial charge in [-0.25, -0.2) is 4.98 Å². The van der Waals surface area contributed by atoms with Gasteiger partial charge in [-0.05, 0) is 12.0 Å². The number of hydrogen-bond donors (Lipinski definition) is 3. The van der Waals surface area contributed by atoms with Gasteiger partial charge in [0.15, 0.2) is 11.2 Å². The van der Waals surface area contributed by atoms with Gasteiger partial charge in [0.05, 0.1) is 19.5 Å². The van der Waals surface area contributed by atoms with Crippen LogP contribution in [0, 0.1) is 5.92 Å². The van der Waals surface area contributed by atoms with Gasteiger partial charge in [0.1, 0.15) is 0 Å². The quantitative estimate of drug-likeness (QED) is 0.559. The largest absolute Gasteiger partial charge is 0.396 e. The first-order valence-corrected chi connectivity index (χ1v) is 8.10. The summed E-state index contributed by atoms with van der Waals surface area (Å²) in [6.45, 7) is 1.58. The summed E-state index contributed by atoms with van der Waals surface area (Å²) in [5.74, 6) is 0.117. The molecular weight excluding hydrogens is 322 g/mol. The Morgan fingerprint density at radius 2 is 2.12 bits per heavy atom. The van der Waals surface area contributed by atoms with E-state index in [2.05, 4.69) is 15.0 Å². The van der Waals surface area contributed by atoms with Gasteiger partial charge in [0.25, 0.3) is 5.56 Å². The zero-order valence-corrected chi connectivity index (χ0v) is 13.8. The van der Waals surface area contributed by atoms with Crippen molar-refractivity contribution in [3.8, 4) is 0 Å². The molecule has 8 heteroatoms. The maximum atomic E-state index is 11.8. The number of hydrogen-bond acceptors (Lipinski definition) is 6. The Labute approximate surface area is 144 Å². The second kappa shape index (κ2) is 7.91. The number of aromatic amines is 1. The SMILES string of the molecule is Nc1nc2c(ncn2C[C@@H](CCO)COCc2ccccc2)c(=O)[nH]1. The Balaban J connectivity index is 1.68. The lowest BCUT2D eigenvalue weighted by atomic mass is 10.1. The zero-order chi connectivity index (χ0) is 17.6. The van der Waals surface area contributed by atoms with Crippen molar-refractivity contribution in [3.63, 3.8) is 0 Å². The van der Waals surface area contributed by atoms with E-state index in [4.69, 9.17) is 10.5 Å². The fourth-order valence-electron chi connectivity index (χ4n) is 2.71. The van der Waals surface area contributed by atoms with E-state index in [0.717, 1.165) is 5.56 Å². The predicted molar refractivity (Wildman–Crippen MR) is 93.9 cm³/mol. The molecule has 0 aliphatic heterocycles. The first kappa shape index (κ1) is 17.1. The van der Waals surface area contributed by atoms with Crippen molar-refractivity contribution in [2.45, 2.75) is 19.6 Å². The summed E-state index contributed by atoms with van der Waals surface area (Å²) in [5, 5.41) is 9.31. The van der Waals surface area contributed by atoms with Crippen LogP contribution in [0.2, 0.25) is 0 Å². The van der Waals surface area contributed by atoms with E-state index >= 15 is 0 Å². The molecule has 0 unspecified atom stereocenters. The van der Waals surface area contributed by atoms with Crippen molar-refractivity contribution < 1.29 is 9.84 Å². The third kappa shape index (κ3) is 4.23. The van der Waals surface area contributed by atoms with Crippen LogP contribution < -0.4 is 11.3 Å². The van der Waals surface area contributed by atoms with Crippen LogP contribution in [0.15, 0.2) is 41.5 Å². The lowest BCUT2D eigenvalue weighted by Gasteiger charge is -2.17. The molecule has 3 aromatic rings. The number of nitrogens with two attached hydrogens (primary N) is 1. The molecule has 0 fully saturated rings. The lowest BCUT2D eigenvalue weighted by molar-refractivity contribution is 0.0710. The molecule has 1 atom stereocenters. The molecule has 4 N–H and O–H groups in total. The molecule has 25 heavy (non-hydrogen) atoms. The van der Waals surface area contributed by atoms with Gasteiger partial charge < -0.3 is 20.1 Å². The van der Waals surface area contributed by atoms with E-state index in [9.17, 15) is 9.90 Å². The zero-order valence-electron chi connectivity index (χ0n) is 13.8. The fraction of sp³-hybridized carbons (Fsp3) is 0.353. The van der Waals surface area contributed by atoms with Crippen LogP contribution in [0.5, 0.6) is 0 Å². The maximum absolute atomic E-state index is 11.8. The molecule has 0 saturated carbocycles. The van der Waals surface area contributed by atoms with Gasteiger partial charge in [-0.15, -0.1) is 0 Å². The molecule has 2 heterocycles. The summed E-state index contributed by atoms with van der Waals surface area (Å²) in [6.07, 6.45) is 2.14. The average molecular weight is 343 g/mol. The van der Waals surface area contributed by atoms with Gasteiger partial charge in [-0.3, -0.25) is 9.78 Å². The maximum Gasteiger partial charge on any atom is 0.280 e.